The quantitative estimate of drug-likeness (QED) is 0.838. The van der Waals surface area contributed by atoms with Crippen molar-refractivity contribution in [3.63, 3.8) is 0 Å². The number of sulfonamides is 1. The first-order chi connectivity index (χ1) is 9.86. The molecular weight excluding hydrogens is 310 g/mol. The van der Waals surface area contributed by atoms with E-state index < -0.39 is 10.0 Å². The number of halogens is 1. The van der Waals surface area contributed by atoms with Gasteiger partial charge in [-0.15, -0.1) is 0 Å². The molecule has 2 rings (SSSR count). The van der Waals surface area contributed by atoms with Gasteiger partial charge < -0.3 is 5.73 Å². The first-order valence-corrected chi connectivity index (χ1v) is 8.93. The van der Waals surface area contributed by atoms with Crippen molar-refractivity contribution < 1.29 is 8.42 Å². The molecule has 0 aliphatic carbocycles. The van der Waals surface area contributed by atoms with Gasteiger partial charge in [0.05, 0.1) is 15.6 Å². The molecule has 1 aliphatic heterocycles. The average Bonchev–Trinajstić information content (AvgIpc) is 2.88. The highest BCUT2D eigenvalue weighted by Crippen LogP contribution is 2.25. The molecule has 0 radical (unpaired) electrons. The summed E-state index contributed by atoms with van der Waals surface area (Å²) >= 11 is 5.85. The Hall–Kier alpha value is -0.820. The van der Waals surface area contributed by atoms with Crippen LogP contribution in [0.3, 0.4) is 0 Å². The van der Waals surface area contributed by atoms with E-state index >= 15 is 0 Å². The minimum absolute atomic E-state index is 0.188. The van der Waals surface area contributed by atoms with E-state index in [2.05, 4.69) is 11.8 Å². The Bertz CT molecular complexity index is 606. The molecule has 0 aromatic heterocycles. The summed E-state index contributed by atoms with van der Waals surface area (Å²) < 4.78 is 26.6. The highest BCUT2D eigenvalue weighted by Gasteiger charge is 2.29. The number of rotatable bonds is 5. The van der Waals surface area contributed by atoms with E-state index in [1.165, 1.54) is 22.5 Å². The summed E-state index contributed by atoms with van der Waals surface area (Å²) in [7, 11) is -1.91. The van der Waals surface area contributed by atoms with Gasteiger partial charge >= 0.3 is 0 Å². The van der Waals surface area contributed by atoms with Gasteiger partial charge in [-0.05, 0) is 44.1 Å². The van der Waals surface area contributed by atoms with Crippen LogP contribution in [0.5, 0.6) is 0 Å². The fourth-order valence-corrected chi connectivity index (χ4v) is 4.14. The van der Waals surface area contributed by atoms with Crippen LogP contribution >= 0.6 is 11.6 Å². The van der Waals surface area contributed by atoms with Crippen molar-refractivity contribution in [1.29, 1.82) is 0 Å². The molecule has 21 heavy (non-hydrogen) atoms. The third-order valence-electron chi connectivity index (χ3n) is 4.05. The predicted octanol–water partition coefficient (Wildman–Crippen LogP) is 2.03. The maximum absolute atomic E-state index is 12.6. The summed E-state index contributed by atoms with van der Waals surface area (Å²) in [6, 6.07) is 4.72. The molecule has 1 aliphatic rings. The Morgan fingerprint density at radius 2 is 2.19 bits per heavy atom. The molecule has 0 saturated carbocycles. The van der Waals surface area contributed by atoms with Gasteiger partial charge in [0.2, 0.25) is 10.0 Å². The summed E-state index contributed by atoms with van der Waals surface area (Å²) in [4.78, 5) is 2.51. The minimum Gasteiger partial charge on any atom is -0.397 e. The molecule has 5 nitrogen and oxygen atoms in total. The third kappa shape index (κ3) is 3.51. The third-order valence-corrected chi connectivity index (χ3v) is 6.21. The molecule has 2 N–H and O–H groups in total. The predicted molar refractivity (Wildman–Crippen MR) is 85.9 cm³/mol. The van der Waals surface area contributed by atoms with Gasteiger partial charge in [-0.3, -0.25) is 4.90 Å². The van der Waals surface area contributed by atoms with Crippen LogP contribution in [0.25, 0.3) is 0 Å². The first-order valence-electron chi connectivity index (χ1n) is 7.11. The lowest BCUT2D eigenvalue weighted by Gasteiger charge is -2.27. The molecule has 0 bridgehead atoms. The molecule has 1 fully saturated rings. The normalized spacial score (nSPS) is 20.3. The summed E-state index contributed by atoms with van der Waals surface area (Å²) in [5.41, 5.74) is 5.98. The Labute approximate surface area is 131 Å². The lowest BCUT2D eigenvalue weighted by molar-refractivity contribution is 0.237. The van der Waals surface area contributed by atoms with Crippen molar-refractivity contribution in [2.75, 3.05) is 32.4 Å². The first kappa shape index (κ1) is 16.5. The van der Waals surface area contributed by atoms with Gasteiger partial charge in [0.15, 0.2) is 0 Å². The number of likely N-dealkylation sites (tertiary alicyclic amines) is 1. The van der Waals surface area contributed by atoms with E-state index in [4.69, 9.17) is 17.3 Å². The molecule has 0 amide bonds. The zero-order valence-electron chi connectivity index (χ0n) is 12.4. The number of benzene rings is 1. The van der Waals surface area contributed by atoms with Crippen LogP contribution in [-0.4, -0.2) is 50.3 Å². The second-order valence-corrected chi connectivity index (χ2v) is 7.85. The van der Waals surface area contributed by atoms with Gasteiger partial charge in [0.25, 0.3) is 0 Å². The number of hydrogen-bond acceptors (Lipinski definition) is 4. The van der Waals surface area contributed by atoms with Crippen molar-refractivity contribution >= 4 is 27.3 Å². The average molecular weight is 332 g/mol. The fourth-order valence-electron chi connectivity index (χ4n) is 2.78. The number of anilines is 1. The topological polar surface area (TPSA) is 66.6 Å². The van der Waals surface area contributed by atoms with Crippen LogP contribution in [0.4, 0.5) is 5.69 Å². The maximum atomic E-state index is 12.6. The smallest absolute Gasteiger partial charge is 0.242 e. The summed E-state index contributed by atoms with van der Waals surface area (Å²) in [6.07, 6.45) is 2.16. The monoisotopic (exact) mass is 331 g/mol. The maximum Gasteiger partial charge on any atom is 0.242 e. The second kappa shape index (κ2) is 6.52. The number of hydrogen-bond donors (Lipinski definition) is 1. The molecule has 1 aromatic carbocycles. The van der Waals surface area contributed by atoms with Crippen molar-refractivity contribution in [2.24, 2.45) is 0 Å². The standard InChI is InChI=1S/C14H22ClN3O2S/c1-3-18-8-4-5-11(18)10-17(2)21(19,20)12-6-7-13(15)14(16)9-12/h6-7,9,11H,3-5,8,10,16H2,1-2H3. The molecule has 1 saturated heterocycles. The van der Waals surface area contributed by atoms with Crippen molar-refractivity contribution in [3.8, 4) is 0 Å². The summed E-state index contributed by atoms with van der Waals surface area (Å²) in [6.45, 7) is 4.60. The van der Waals surface area contributed by atoms with Gasteiger partial charge in [0.1, 0.15) is 0 Å². The summed E-state index contributed by atoms with van der Waals surface area (Å²) in [5, 5.41) is 0.365. The fraction of sp³-hybridized carbons (Fsp3) is 0.571. The molecule has 0 spiro atoms. The molecule has 1 unspecified atom stereocenters. The molecule has 1 aromatic rings. The SMILES string of the molecule is CCN1CCCC1CN(C)S(=O)(=O)c1ccc(Cl)c(N)c1. The van der Waals surface area contributed by atoms with E-state index in [-0.39, 0.29) is 10.6 Å². The van der Waals surface area contributed by atoms with Gasteiger partial charge in [0, 0.05) is 19.6 Å². The van der Waals surface area contributed by atoms with Gasteiger partial charge in [-0.2, -0.15) is 4.31 Å². The van der Waals surface area contributed by atoms with E-state index in [0.717, 1.165) is 25.9 Å². The molecule has 1 heterocycles. The Morgan fingerprint density at radius 3 is 2.81 bits per heavy atom. The largest absolute Gasteiger partial charge is 0.397 e. The van der Waals surface area contributed by atoms with E-state index in [1.807, 2.05) is 0 Å². The highest BCUT2D eigenvalue weighted by atomic mass is 35.5. The van der Waals surface area contributed by atoms with Crippen LogP contribution in [0, 0.1) is 0 Å². The van der Waals surface area contributed by atoms with Gasteiger partial charge in [-0.1, -0.05) is 18.5 Å². The molecule has 1 atom stereocenters. The van der Waals surface area contributed by atoms with E-state index in [1.54, 1.807) is 7.05 Å². The zero-order chi connectivity index (χ0) is 15.6. The van der Waals surface area contributed by atoms with E-state index in [9.17, 15) is 8.42 Å². The van der Waals surface area contributed by atoms with Crippen LogP contribution in [0.1, 0.15) is 19.8 Å². The van der Waals surface area contributed by atoms with Crippen molar-refractivity contribution in [3.05, 3.63) is 23.2 Å². The Balaban J connectivity index is 2.16. The number of nitrogens with zero attached hydrogens (tertiary/aromatic N) is 2. The van der Waals surface area contributed by atoms with Gasteiger partial charge in [-0.25, -0.2) is 8.42 Å². The van der Waals surface area contributed by atoms with E-state index in [0.29, 0.717) is 17.6 Å². The molecule has 7 heteroatoms. The number of likely N-dealkylation sites (N-methyl/N-ethyl adjacent to an activating group) is 2. The van der Waals surface area contributed by atoms with Crippen LogP contribution in [-0.2, 0) is 10.0 Å². The summed E-state index contributed by atoms with van der Waals surface area (Å²) in [5.74, 6) is 0. The van der Waals surface area contributed by atoms with Crippen LogP contribution < -0.4 is 5.73 Å². The second-order valence-electron chi connectivity index (χ2n) is 5.39. The minimum atomic E-state index is -3.53. The molecular formula is C14H22ClN3O2S. The number of nitrogen functional groups attached to an aromatic ring is 1. The van der Waals surface area contributed by atoms with Crippen LogP contribution in [0.2, 0.25) is 5.02 Å². The zero-order valence-corrected chi connectivity index (χ0v) is 14.0. The van der Waals surface area contributed by atoms with Crippen molar-refractivity contribution in [2.45, 2.75) is 30.7 Å². The highest BCUT2D eigenvalue weighted by molar-refractivity contribution is 7.89. The Morgan fingerprint density at radius 1 is 1.48 bits per heavy atom. The molecule has 118 valence electrons. The lowest BCUT2D eigenvalue weighted by atomic mass is 10.2. The lowest BCUT2D eigenvalue weighted by Crippen LogP contribution is -2.41. The van der Waals surface area contributed by atoms with Crippen molar-refractivity contribution in [1.82, 2.24) is 9.21 Å². The van der Waals surface area contributed by atoms with Crippen LogP contribution in [0.15, 0.2) is 23.1 Å². The number of nitrogens with two attached hydrogens (primary N) is 1. The Kier molecular flexibility index (Phi) is 5.14.